The van der Waals surface area contributed by atoms with Crippen molar-refractivity contribution in [3.63, 3.8) is 0 Å². The highest BCUT2D eigenvalue weighted by atomic mass is 16.7. The predicted molar refractivity (Wildman–Crippen MR) is 70.6 cm³/mol. The quantitative estimate of drug-likeness (QED) is 0.856. The molecule has 100 valence electrons. The lowest BCUT2D eigenvalue weighted by Crippen LogP contribution is -2.45. The Morgan fingerprint density at radius 1 is 1.22 bits per heavy atom. The molecule has 18 heavy (non-hydrogen) atoms. The smallest absolute Gasteiger partial charge is 0.162 e. The van der Waals surface area contributed by atoms with Crippen LogP contribution in [-0.4, -0.2) is 36.8 Å². The molecule has 1 heterocycles. The third-order valence-corrected chi connectivity index (χ3v) is 2.99. The van der Waals surface area contributed by atoms with Gasteiger partial charge >= 0.3 is 0 Å². The molecule has 1 fully saturated rings. The topological polar surface area (TPSA) is 50.7 Å². The molecule has 0 radical (unpaired) electrons. The summed E-state index contributed by atoms with van der Waals surface area (Å²) in [5.41, 5.74) is 2.19. The number of ether oxygens (including phenoxy) is 2. The minimum Gasteiger partial charge on any atom is -0.396 e. The zero-order chi connectivity index (χ0) is 13.0. The van der Waals surface area contributed by atoms with E-state index in [1.165, 1.54) is 0 Å². The number of rotatable bonds is 4. The van der Waals surface area contributed by atoms with Crippen molar-refractivity contribution in [2.45, 2.75) is 32.1 Å². The van der Waals surface area contributed by atoms with E-state index in [0.29, 0.717) is 19.6 Å². The Kier molecular flexibility index (Phi) is 4.22. The van der Waals surface area contributed by atoms with Gasteiger partial charge in [0, 0.05) is 12.3 Å². The van der Waals surface area contributed by atoms with Crippen molar-refractivity contribution in [1.82, 2.24) is 0 Å². The van der Waals surface area contributed by atoms with Crippen molar-refractivity contribution in [3.8, 4) is 0 Å². The Hall–Kier alpha value is -1.10. The highest BCUT2D eigenvalue weighted by molar-refractivity contribution is 5.45. The van der Waals surface area contributed by atoms with Crippen LogP contribution in [0.3, 0.4) is 0 Å². The molecule has 1 saturated heterocycles. The van der Waals surface area contributed by atoms with Gasteiger partial charge in [-0.15, -0.1) is 0 Å². The van der Waals surface area contributed by atoms with Crippen LogP contribution in [0, 0.1) is 0 Å². The van der Waals surface area contributed by atoms with Crippen LogP contribution in [0.25, 0.3) is 0 Å². The monoisotopic (exact) mass is 251 g/mol. The molecule has 0 amide bonds. The standard InChI is InChI=1S/C14H21NO3/c1-14(2)17-9-13(10-18-14)15-12-5-3-11(4-6-12)7-8-16/h3-6,13,15-16H,7-10H2,1-2H3. The maximum Gasteiger partial charge on any atom is 0.162 e. The first-order chi connectivity index (χ1) is 8.59. The van der Waals surface area contributed by atoms with Crippen LogP contribution in [0.5, 0.6) is 0 Å². The van der Waals surface area contributed by atoms with E-state index in [-0.39, 0.29) is 12.6 Å². The lowest BCUT2D eigenvalue weighted by molar-refractivity contribution is -0.247. The first-order valence-corrected chi connectivity index (χ1v) is 6.33. The molecular weight excluding hydrogens is 230 g/mol. The van der Waals surface area contributed by atoms with Crippen molar-refractivity contribution in [1.29, 1.82) is 0 Å². The molecule has 4 heteroatoms. The van der Waals surface area contributed by atoms with Gasteiger partial charge in [0.25, 0.3) is 0 Å². The van der Waals surface area contributed by atoms with E-state index in [9.17, 15) is 0 Å². The molecule has 0 aliphatic carbocycles. The van der Waals surface area contributed by atoms with Crippen LogP contribution in [0.4, 0.5) is 5.69 Å². The predicted octanol–water partition coefficient (Wildman–Crippen LogP) is 1.78. The summed E-state index contributed by atoms with van der Waals surface area (Å²) in [6, 6.07) is 8.26. The Balaban J connectivity index is 1.86. The number of hydrogen-bond acceptors (Lipinski definition) is 4. The van der Waals surface area contributed by atoms with E-state index in [2.05, 4.69) is 5.32 Å². The van der Waals surface area contributed by atoms with Gasteiger partial charge in [-0.2, -0.15) is 0 Å². The van der Waals surface area contributed by atoms with Crippen LogP contribution in [0.1, 0.15) is 19.4 Å². The number of anilines is 1. The highest BCUT2D eigenvalue weighted by Gasteiger charge is 2.27. The number of aliphatic hydroxyl groups is 1. The van der Waals surface area contributed by atoms with Gasteiger partial charge < -0.3 is 19.9 Å². The number of nitrogens with one attached hydrogen (secondary N) is 1. The lowest BCUT2D eigenvalue weighted by Gasteiger charge is -2.35. The molecule has 4 nitrogen and oxygen atoms in total. The van der Waals surface area contributed by atoms with Crippen LogP contribution in [-0.2, 0) is 15.9 Å². The van der Waals surface area contributed by atoms with Gasteiger partial charge in [0.2, 0.25) is 0 Å². The highest BCUT2D eigenvalue weighted by Crippen LogP contribution is 2.19. The SMILES string of the molecule is CC1(C)OCC(Nc2ccc(CCO)cc2)CO1. The second kappa shape index (κ2) is 5.69. The van der Waals surface area contributed by atoms with Crippen molar-refractivity contribution < 1.29 is 14.6 Å². The van der Waals surface area contributed by atoms with E-state index in [1.54, 1.807) is 0 Å². The molecule has 1 aliphatic rings. The molecule has 1 aliphatic heterocycles. The van der Waals surface area contributed by atoms with Gasteiger partial charge in [-0.25, -0.2) is 0 Å². The fourth-order valence-electron chi connectivity index (χ4n) is 1.91. The molecule has 2 rings (SSSR count). The molecule has 2 N–H and O–H groups in total. The average molecular weight is 251 g/mol. The second-order valence-corrected chi connectivity index (χ2v) is 5.03. The third-order valence-electron chi connectivity index (χ3n) is 2.99. The summed E-state index contributed by atoms with van der Waals surface area (Å²) < 4.78 is 11.2. The zero-order valence-corrected chi connectivity index (χ0v) is 11.0. The van der Waals surface area contributed by atoms with E-state index in [4.69, 9.17) is 14.6 Å². The van der Waals surface area contributed by atoms with E-state index in [0.717, 1.165) is 11.3 Å². The summed E-state index contributed by atoms with van der Waals surface area (Å²) in [6.45, 7) is 5.32. The van der Waals surface area contributed by atoms with Gasteiger partial charge in [-0.3, -0.25) is 0 Å². The molecule has 0 atom stereocenters. The fraction of sp³-hybridized carbons (Fsp3) is 0.571. The fourth-order valence-corrected chi connectivity index (χ4v) is 1.91. The van der Waals surface area contributed by atoms with Crippen molar-refractivity contribution in [2.24, 2.45) is 0 Å². The molecule has 0 aromatic heterocycles. The number of hydrogen-bond donors (Lipinski definition) is 2. The molecule has 0 bridgehead atoms. The molecule has 0 spiro atoms. The van der Waals surface area contributed by atoms with E-state index >= 15 is 0 Å². The normalized spacial score (nSPS) is 19.7. The summed E-state index contributed by atoms with van der Waals surface area (Å²) in [6.07, 6.45) is 0.699. The van der Waals surface area contributed by atoms with Gasteiger partial charge in [0.15, 0.2) is 5.79 Å². The summed E-state index contributed by atoms with van der Waals surface area (Å²) in [5, 5.41) is 12.2. The van der Waals surface area contributed by atoms with Gasteiger partial charge in [-0.1, -0.05) is 12.1 Å². The molecule has 1 aromatic rings. The van der Waals surface area contributed by atoms with Gasteiger partial charge in [0.1, 0.15) is 0 Å². The Labute approximate surface area is 108 Å². The minimum absolute atomic E-state index is 0.182. The molecule has 1 aromatic carbocycles. The number of benzene rings is 1. The Bertz CT molecular complexity index is 365. The summed E-state index contributed by atoms with van der Waals surface area (Å²) in [5.74, 6) is -0.469. The summed E-state index contributed by atoms with van der Waals surface area (Å²) >= 11 is 0. The van der Waals surface area contributed by atoms with Crippen molar-refractivity contribution in [2.75, 3.05) is 25.1 Å². The molecular formula is C14H21NO3. The van der Waals surface area contributed by atoms with Crippen molar-refractivity contribution in [3.05, 3.63) is 29.8 Å². The maximum atomic E-state index is 8.85. The van der Waals surface area contributed by atoms with E-state index < -0.39 is 5.79 Å². The van der Waals surface area contributed by atoms with Crippen LogP contribution < -0.4 is 5.32 Å². The summed E-state index contributed by atoms with van der Waals surface area (Å²) in [4.78, 5) is 0. The van der Waals surface area contributed by atoms with Gasteiger partial charge in [-0.05, 0) is 38.0 Å². The second-order valence-electron chi connectivity index (χ2n) is 5.03. The van der Waals surface area contributed by atoms with Crippen LogP contribution in [0.2, 0.25) is 0 Å². The molecule has 0 saturated carbocycles. The van der Waals surface area contributed by atoms with E-state index in [1.807, 2.05) is 38.1 Å². The van der Waals surface area contributed by atoms with Crippen LogP contribution >= 0.6 is 0 Å². The van der Waals surface area contributed by atoms with Crippen molar-refractivity contribution >= 4 is 5.69 Å². The third kappa shape index (κ3) is 3.70. The van der Waals surface area contributed by atoms with Gasteiger partial charge in [0.05, 0.1) is 19.3 Å². The first-order valence-electron chi connectivity index (χ1n) is 6.33. The Morgan fingerprint density at radius 3 is 2.39 bits per heavy atom. The minimum atomic E-state index is -0.469. The lowest BCUT2D eigenvalue weighted by atomic mass is 10.1. The van der Waals surface area contributed by atoms with Crippen LogP contribution in [0.15, 0.2) is 24.3 Å². The Morgan fingerprint density at radius 2 is 1.83 bits per heavy atom. The zero-order valence-electron chi connectivity index (χ0n) is 11.0. The number of aliphatic hydroxyl groups excluding tert-OH is 1. The first kappa shape index (κ1) is 13.3. The molecule has 0 unspecified atom stereocenters. The maximum absolute atomic E-state index is 8.85. The average Bonchev–Trinajstić information content (AvgIpc) is 2.35. The summed E-state index contributed by atoms with van der Waals surface area (Å²) in [7, 11) is 0. The largest absolute Gasteiger partial charge is 0.396 e.